The summed E-state index contributed by atoms with van der Waals surface area (Å²) < 4.78 is 26.3. The van der Waals surface area contributed by atoms with Crippen LogP contribution in [0.5, 0.6) is 11.5 Å². The predicted molar refractivity (Wildman–Crippen MR) is 124 cm³/mol. The van der Waals surface area contributed by atoms with Gasteiger partial charge in [0.2, 0.25) is 0 Å². The summed E-state index contributed by atoms with van der Waals surface area (Å²) in [5, 5.41) is 3.54. The van der Waals surface area contributed by atoms with Crippen molar-refractivity contribution in [2.24, 2.45) is 0 Å². The molecular weight excluding hydrogens is 452 g/mol. The SMILES string of the molecule is C[C@@H](Oc1cc(-c2ccc3c(c2)OC2(CC3)CNC2)cnc1N)c1c(Cl)ccc(F)c1Cl. The van der Waals surface area contributed by atoms with Crippen molar-refractivity contribution in [3.63, 3.8) is 0 Å². The Labute approximate surface area is 195 Å². The fourth-order valence-electron chi connectivity index (χ4n) is 4.21. The fourth-order valence-corrected chi connectivity index (χ4v) is 4.89. The van der Waals surface area contributed by atoms with E-state index in [1.165, 1.54) is 17.7 Å². The normalized spacial score (nSPS) is 17.2. The Kier molecular flexibility index (Phi) is 5.40. The molecule has 2 aromatic carbocycles. The van der Waals surface area contributed by atoms with E-state index in [1.54, 1.807) is 13.1 Å². The van der Waals surface area contributed by atoms with Crippen LogP contribution in [0.1, 0.15) is 30.6 Å². The van der Waals surface area contributed by atoms with Crippen LogP contribution in [0.3, 0.4) is 0 Å². The number of nitrogens with zero attached hydrogens (tertiary/aromatic N) is 1. The second kappa shape index (κ2) is 8.10. The van der Waals surface area contributed by atoms with Crippen LogP contribution in [0.15, 0.2) is 42.6 Å². The van der Waals surface area contributed by atoms with Gasteiger partial charge in [-0.3, -0.25) is 0 Å². The number of fused-ring (bicyclic) bond motifs is 1. The van der Waals surface area contributed by atoms with Gasteiger partial charge in [0.05, 0.1) is 5.02 Å². The van der Waals surface area contributed by atoms with Gasteiger partial charge in [0.25, 0.3) is 0 Å². The van der Waals surface area contributed by atoms with Crippen LogP contribution in [0.4, 0.5) is 10.2 Å². The smallest absolute Gasteiger partial charge is 0.166 e. The number of hydrogen-bond acceptors (Lipinski definition) is 5. The third-order valence-electron chi connectivity index (χ3n) is 6.14. The van der Waals surface area contributed by atoms with E-state index in [2.05, 4.69) is 16.4 Å². The molecule has 1 atom stereocenters. The lowest BCUT2D eigenvalue weighted by atomic mass is 9.86. The van der Waals surface area contributed by atoms with E-state index in [-0.39, 0.29) is 16.4 Å². The number of aryl methyl sites for hydroxylation is 1. The molecule has 3 aromatic rings. The molecule has 166 valence electrons. The van der Waals surface area contributed by atoms with Gasteiger partial charge in [-0.2, -0.15) is 0 Å². The highest BCUT2D eigenvalue weighted by atomic mass is 35.5. The Hall–Kier alpha value is -2.54. The van der Waals surface area contributed by atoms with Crippen molar-refractivity contribution in [1.29, 1.82) is 0 Å². The van der Waals surface area contributed by atoms with E-state index in [4.69, 9.17) is 38.4 Å². The van der Waals surface area contributed by atoms with E-state index in [0.717, 1.165) is 42.8 Å². The largest absolute Gasteiger partial charge is 0.484 e. The van der Waals surface area contributed by atoms with Gasteiger partial charge < -0.3 is 20.5 Å². The summed E-state index contributed by atoms with van der Waals surface area (Å²) in [6.07, 6.45) is 3.08. The highest BCUT2D eigenvalue weighted by Gasteiger charge is 2.41. The average Bonchev–Trinajstić information content (AvgIpc) is 2.76. The molecule has 5 nitrogen and oxygen atoms in total. The van der Waals surface area contributed by atoms with E-state index in [1.807, 2.05) is 18.2 Å². The van der Waals surface area contributed by atoms with Gasteiger partial charge in [0, 0.05) is 35.4 Å². The van der Waals surface area contributed by atoms with Crippen molar-refractivity contribution < 1.29 is 13.9 Å². The van der Waals surface area contributed by atoms with Crippen LogP contribution in [0, 0.1) is 5.82 Å². The van der Waals surface area contributed by atoms with Crippen LogP contribution in [-0.4, -0.2) is 23.7 Å². The predicted octanol–water partition coefficient (Wildman–Crippen LogP) is 5.58. The quantitative estimate of drug-likeness (QED) is 0.483. The average molecular weight is 474 g/mol. The third-order valence-corrected chi connectivity index (χ3v) is 6.86. The van der Waals surface area contributed by atoms with Gasteiger partial charge >= 0.3 is 0 Å². The van der Waals surface area contributed by atoms with Crippen molar-refractivity contribution in [3.05, 3.63) is 69.6 Å². The number of halogens is 3. The van der Waals surface area contributed by atoms with E-state index < -0.39 is 11.9 Å². The number of rotatable bonds is 4. The first-order valence-corrected chi connectivity index (χ1v) is 11.2. The van der Waals surface area contributed by atoms with Crippen molar-refractivity contribution in [2.75, 3.05) is 18.8 Å². The topological polar surface area (TPSA) is 69.4 Å². The third kappa shape index (κ3) is 3.76. The molecule has 0 unspecified atom stereocenters. The zero-order chi connectivity index (χ0) is 22.5. The lowest BCUT2D eigenvalue weighted by Gasteiger charge is -2.45. The Morgan fingerprint density at radius 3 is 2.75 bits per heavy atom. The van der Waals surface area contributed by atoms with Crippen LogP contribution in [-0.2, 0) is 6.42 Å². The standard InChI is InChI=1S/C24H22Cl2FN3O2/c1-13(21-17(25)4-5-18(27)22(21)26)31-20-9-16(10-30-23(20)28)15-3-2-14-6-7-24(11-29-12-24)32-19(14)8-15/h2-5,8-10,13,29H,6-7,11-12H2,1H3,(H2,28,30)/t13-/m1/s1. The first-order chi connectivity index (χ1) is 15.3. The number of anilines is 1. The Balaban J connectivity index is 1.44. The molecule has 0 saturated carbocycles. The summed E-state index contributed by atoms with van der Waals surface area (Å²) in [6, 6.07) is 10.7. The number of nitrogens with one attached hydrogen (secondary N) is 1. The Bertz CT molecular complexity index is 1200. The zero-order valence-electron chi connectivity index (χ0n) is 17.4. The second-order valence-corrected chi connectivity index (χ2v) is 9.12. The summed E-state index contributed by atoms with van der Waals surface area (Å²) in [5.74, 6) is 0.929. The summed E-state index contributed by atoms with van der Waals surface area (Å²) in [5.41, 5.74) is 9.32. The maximum Gasteiger partial charge on any atom is 0.166 e. The molecule has 8 heteroatoms. The van der Waals surface area contributed by atoms with E-state index >= 15 is 0 Å². The monoisotopic (exact) mass is 473 g/mol. The number of nitrogen functional groups attached to an aromatic ring is 1. The van der Waals surface area contributed by atoms with E-state index in [9.17, 15) is 4.39 Å². The van der Waals surface area contributed by atoms with E-state index in [0.29, 0.717) is 16.3 Å². The molecule has 5 rings (SSSR count). The molecule has 1 saturated heterocycles. The highest BCUT2D eigenvalue weighted by Crippen LogP contribution is 2.40. The van der Waals surface area contributed by atoms with Crippen LogP contribution in [0.2, 0.25) is 10.0 Å². The summed E-state index contributed by atoms with van der Waals surface area (Å²) in [7, 11) is 0. The lowest BCUT2D eigenvalue weighted by molar-refractivity contribution is -0.00226. The van der Waals surface area contributed by atoms with Crippen LogP contribution in [0.25, 0.3) is 11.1 Å². The minimum absolute atomic E-state index is 0.0704. The minimum atomic E-state index is -0.636. The summed E-state index contributed by atoms with van der Waals surface area (Å²) >= 11 is 12.4. The first-order valence-electron chi connectivity index (χ1n) is 10.4. The zero-order valence-corrected chi connectivity index (χ0v) is 18.9. The number of hydrogen-bond donors (Lipinski definition) is 2. The molecule has 3 heterocycles. The van der Waals surface area contributed by atoms with Gasteiger partial charge in [-0.15, -0.1) is 0 Å². The molecule has 1 aromatic heterocycles. The van der Waals surface area contributed by atoms with Crippen molar-refractivity contribution in [2.45, 2.75) is 31.5 Å². The van der Waals surface area contributed by atoms with Crippen LogP contribution < -0.4 is 20.5 Å². The highest BCUT2D eigenvalue weighted by molar-refractivity contribution is 6.36. The molecule has 2 aliphatic rings. The van der Waals surface area contributed by atoms with Gasteiger partial charge in [-0.1, -0.05) is 35.3 Å². The first kappa shape index (κ1) is 21.3. The Morgan fingerprint density at radius 1 is 1.19 bits per heavy atom. The number of ether oxygens (including phenoxy) is 2. The van der Waals surface area contributed by atoms with Crippen LogP contribution >= 0.6 is 23.2 Å². The van der Waals surface area contributed by atoms with Gasteiger partial charge in [0.15, 0.2) is 11.6 Å². The maximum atomic E-state index is 13.9. The fraction of sp³-hybridized carbons (Fsp3) is 0.292. The molecule has 3 N–H and O–H groups in total. The van der Waals surface area contributed by atoms with Crippen molar-refractivity contribution in [3.8, 4) is 22.6 Å². The van der Waals surface area contributed by atoms with Crippen molar-refractivity contribution in [1.82, 2.24) is 10.3 Å². The maximum absolute atomic E-state index is 13.9. The number of pyridine rings is 1. The molecule has 2 aliphatic heterocycles. The molecule has 0 aliphatic carbocycles. The number of aromatic nitrogens is 1. The molecule has 1 spiro atoms. The van der Waals surface area contributed by atoms with Crippen molar-refractivity contribution >= 4 is 29.0 Å². The second-order valence-electron chi connectivity index (χ2n) is 8.34. The van der Waals surface area contributed by atoms with Gasteiger partial charge in [0.1, 0.15) is 23.3 Å². The molecule has 0 radical (unpaired) electrons. The minimum Gasteiger partial charge on any atom is -0.484 e. The van der Waals surface area contributed by atoms with Gasteiger partial charge in [-0.25, -0.2) is 9.37 Å². The number of nitrogens with two attached hydrogens (primary N) is 1. The number of benzene rings is 2. The molecular formula is C24H22Cl2FN3O2. The van der Waals surface area contributed by atoms with Gasteiger partial charge in [-0.05, 0) is 55.2 Å². The molecule has 0 amide bonds. The summed E-state index contributed by atoms with van der Waals surface area (Å²) in [4.78, 5) is 4.29. The lowest BCUT2D eigenvalue weighted by Crippen LogP contribution is -2.64. The molecule has 0 bridgehead atoms. The molecule has 32 heavy (non-hydrogen) atoms. The summed E-state index contributed by atoms with van der Waals surface area (Å²) in [6.45, 7) is 3.49. The Morgan fingerprint density at radius 2 is 2.00 bits per heavy atom. The molecule has 1 fully saturated rings.